The van der Waals surface area contributed by atoms with Crippen molar-refractivity contribution in [3.8, 4) is 0 Å². The molecule has 0 spiro atoms. The molecule has 36 heavy (non-hydrogen) atoms. The van der Waals surface area contributed by atoms with E-state index in [1.807, 2.05) is 17.5 Å². The quantitative estimate of drug-likeness (QED) is 0.472. The second-order valence-electron chi connectivity index (χ2n) is 10.8. The van der Waals surface area contributed by atoms with Crippen molar-refractivity contribution >= 4 is 28.8 Å². The molecule has 2 bridgehead atoms. The zero-order chi connectivity index (χ0) is 24.6. The molecule has 6 nitrogen and oxygen atoms in total. The van der Waals surface area contributed by atoms with Crippen LogP contribution in [0.25, 0.3) is 5.65 Å². The number of halogens is 1. The Balaban J connectivity index is 1.06. The number of hydrogen-bond donors (Lipinski definition) is 1. The molecule has 3 aromatic rings. The number of pyridine rings is 1. The van der Waals surface area contributed by atoms with E-state index in [4.69, 9.17) is 11.6 Å². The third kappa shape index (κ3) is 4.61. The molecule has 1 aromatic carbocycles. The summed E-state index contributed by atoms with van der Waals surface area (Å²) < 4.78 is 1.82. The molecule has 1 aliphatic carbocycles. The van der Waals surface area contributed by atoms with E-state index in [9.17, 15) is 4.79 Å². The van der Waals surface area contributed by atoms with Crippen LogP contribution in [0, 0.1) is 5.92 Å². The molecular formula is C29H36ClN5O. The molecule has 2 saturated heterocycles. The molecule has 190 valence electrons. The van der Waals surface area contributed by atoms with E-state index in [1.165, 1.54) is 57.3 Å². The summed E-state index contributed by atoms with van der Waals surface area (Å²) in [6.07, 6.45) is 11.0. The number of hydrogen-bond acceptors (Lipinski definition) is 4. The molecule has 1 amide bonds. The topological polar surface area (TPSA) is 52.9 Å². The van der Waals surface area contributed by atoms with Crippen molar-refractivity contribution in [3.63, 3.8) is 0 Å². The van der Waals surface area contributed by atoms with Crippen LogP contribution >= 0.6 is 11.6 Å². The predicted molar refractivity (Wildman–Crippen MR) is 145 cm³/mol. The van der Waals surface area contributed by atoms with E-state index in [1.54, 1.807) is 12.1 Å². The molecule has 4 heterocycles. The van der Waals surface area contributed by atoms with E-state index in [2.05, 4.69) is 44.4 Å². The van der Waals surface area contributed by atoms with E-state index in [-0.39, 0.29) is 5.91 Å². The fourth-order valence-electron chi connectivity index (χ4n) is 6.62. The van der Waals surface area contributed by atoms with Crippen LogP contribution in [0.2, 0.25) is 5.02 Å². The van der Waals surface area contributed by atoms with Crippen LogP contribution in [0.15, 0.2) is 42.6 Å². The minimum absolute atomic E-state index is 0.111. The van der Waals surface area contributed by atoms with Gasteiger partial charge in [-0.15, -0.1) is 0 Å². The number of benzene rings is 1. The van der Waals surface area contributed by atoms with Crippen LogP contribution < -0.4 is 10.2 Å². The van der Waals surface area contributed by atoms with Crippen LogP contribution in [-0.4, -0.2) is 51.9 Å². The molecule has 1 saturated carbocycles. The highest BCUT2D eigenvalue weighted by molar-refractivity contribution is 6.30. The summed E-state index contributed by atoms with van der Waals surface area (Å²) in [6, 6.07) is 13.7. The number of amides is 1. The number of rotatable bonds is 7. The summed E-state index contributed by atoms with van der Waals surface area (Å²) in [5.41, 5.74) is 4.48. The van der Waals surface area contributed by atoms with Gasteiger partial charge in [-0.1, -0.05) is 49.9 Å². The normalized spacial score (nSPS) is 22.6. The van der Waals surface area contributed by atoms with Crippen molar-refractivity contribution in [2.45, 2.75) is 70.5 Å². The molecule has 7 heteroatoms. The molecule has 2 aliphatic heterocycles. The zero-order valence-corrected chi connectivity index (χ0v) is 21.9. The Morgan fingerprint density at radius 3 is 2.61 bits per heavy atom. The molecule has 3 fully saturated rings. The van der Waals surface area contributed by atoms with Gasteiger partial charge in [0.15, 0.2) is 0 Å². The molecule has 2 aromatic heterocycles. The minimum atomic E-state index is -0.111. The van der Waals surface area contributed by atoms with Crippen molar-refractivity contribution in [3.05, 3.63) is 64.6 Å². The Kier molecular flexibility index (Phi) is 6.65. The lowest BCUT2D eigenvalue weighted by atomic mass is 9.89. The molecule has 2 atom stereocenters. The SMILES string of the molecule is CCc1nc2cc(Cl)ccn2c1C(=O)NCc1ccc(N2CC3CC2CN3CC2CCCCC2)cc1. The van der Waals surface area contributed by atoms with Crippen LogP contribution in [0.4, 0.5) is 5.69 Å². The van der Waals surface area contributed by atoms with Gasteiger partial charge in [-0.25, -0.2) is 4.98 Å². The van der Waals surface area contributed by atoms with Crippen molar-refractivity contribution < 1.29 is 4.79 Å². The monoisotopic (exact) mass is 505 g/mol. The Morgan fingerprint density at radius 2 is 1.89 bits per heavy atom. The first-order valence-corrected chi connectivity index (χ1v) is 14.0. The smallest absolute Gasteiger partial charge is 0.270 e. The average Bonchev–Trinajstić information content (AvgIpc) is 3.60. The number of nitrogens with zero attached hydrogens (tertiary/aromatic N) is 4. The summed E-state index contributed by atoms with van der Waals surface area (Å²) in [4.78, 5) is 23.0. The maximum absolute atomic E-state index is 13.1. The van der Waals surface area contributed by atoms with Gasteiger partial charge in [-0.2, -0.15) is 0 Å². The van der Waals surface area contributed by atoms with Crippen molar-refractivity contribution in [1.29, 1.82) is 0 Å². The van der Waals surface area contributed by atoms with E-state index in [0.29, 0.717) is 41.4 Å². The second-order valence-corrected chi connectivity index (χ2v) is 11.3. The number of aromatic nitrogens is 2. The van der Waals surface area contributed by atoms with Crippen molar-refractivity contribution in [2.24, 2.45) is 5.92 Å². The first-order valence-electron chi connectivity index (χ1n) is 13.6. The maximum Gasteiger partial charge on any atom is 0.270 e. The highest BCUT2D eigenvalue weighted by Gasteiger charge is 2.43. The van der Waals surface area contributed by atoms with Gasteiger partial charge < -0.3 is 10.2 Å². The zero-order valence-electron chi connectivity index (χ0n) is 21.1. The molecule has 0 radical (unpaired) electrons. The molecule has 2 unspecified atom stereocenters. The third-order valence-corrected chi connectivity index (χ3v) is 8.74. The van der Waals surface area contributed by atoms with Crippen LogP contribution in [0.3, 0.4) is 0 Å². The number of piperazine rings is 1. The number of carbonyl (C=O) groups is 1. The number of imidazole rings is 1. The fraction of sp³-hybridized carbons (Fsp3) is 0.517. The van der Waals surface area contributed by atoms with Gasteiger partial charge >= 0.3 is 0 Å². The van der Waals surface area contributed by atoms with Crippen molar-refractivity contribution in [1.82, 2.24) is 19.6 Å². The van der Waals surface area contributed by atoms with Gasteiger partial charge in [0.25, 0.3) is 5.91 Å². The van der Waals surface area contributed by atoms with Crippen LogP contribution in [0.5, 0.6) is 0 Å². The standard InChI is InChI=1S/C29H36ClN5O/c1-2-26-28(34-13-12-22(30)14-27(34)32-26)29(36)31-16-20-8-10-23(11-9-20)35-19-24-15-25(35)18-33(24)17-21-6-4-3-5-7-21/h8-14,21,24-25H,2-7,15-19H2,1H3,(H,31,36). The van der Waals surface area contributed by atoms with E-state index >= 15 is 0 Å². The van der Waals surface area contributed by atoms with Gasteiger partial charge in [0.1, 0.15) is 11.3 Å². The van der Waals surface area contributed by atoms with Gasteiger partial charge in [-0.05, 0) is 55.4 Å². The van der Waals surface area contributed by atoms with E-state index < -0.39 is 0 Å². The van der Waals surface area contributed by atoms with Gasteiger partial charge in [0, 0.05) is 61.2 Å². The lowest BCUT2D eigenvalue weighted by Gasteiger charge is -2.38. The van der Waals surface area contributed by atoms with Gasteiger partial charge in [-0.3, -0.25) is 14.1 Å². The maximum atomic E-state index is 13.1. The van der Waals surface area contributed by atoms with Gasteiger partial charge in [0.2, 0.25) is 0 Å². The molecule has 3 aliphatic rings. The Labute approximate surface area is 218 Å². The fourth-order valence-corrected chi connectivity index (χ4v) is 6.77. The number of fused-ring (bicyclic) bond motifs is 3. The lowest BCUT2D eigenvalue weighted by molar-refractivity contribution is 0.0944. The minimum Gasteiger partial charge on any atom is -0.366 e. The Hall–Kier alpha value is -2.57. The van der Waals surface area contributed by atoms with E-state index in [0.717, 1.165) is 23.7 Å². The first-order chi connectivity index (χ1) is 17.6. The lowest BCUT2D eigenvalue weighted by Crippen LogP contribution is -2.48. The van der Waals surface area contributed by atoms with Crippen molar-refractivity contribution in [2.75, 3.05) is 24.5 Å². The van der Waals surface area contributed by atoms with Gasteiger partial charge in [0.05, 0.1) is 5.69 Å². The highest BCUT2D eigenvalue weighted by atomic mass is 35.5. The Bertz CT molecular complexity index is 1230. The largest absolute Gasteiger partial charge is 0.366 e. The predicted octanol–water partition coefficient (Wildman–Crippen LogP) is 5.32. The molecule has 6 rings (SSSR count). The third-order valence-electron chi connectivity index (χ3n) is 8.50. The number of aryl methyl sites for hydroxylation is 1. The number of anilines is 1. The Morgan fingerprint density at radius 1 is 1.08 bits per heavy atom. The summed E-state index contributed by atoms with van der Waals surface area (Å²) in [7, 11) is 0. The highest BCUT2D eigenvalue weighted by Crippen LogP contribution is 2.36. The summed E-state index contributed by atoms with van der Waals surface area (Å²) in [5, 5.41) is 3.71. The second kappa shape index (κ2) is 10.1. The summed E-state index contributed by atoms with van der Waals surface area (Å²) in [6.45, 7) is 6.17. The summed E-state index contributed by atoms with van der Waals surface area (Å²) in [5.74, 6) is 0.813. The molecule has 1 N–H and O–H groups in total. The average molecular weight is 506 g/mol. The first kappa shape index (κ1) is 23.8. The molecular weight excluding hydrogens is 470 g/mol. The number of likely N-dealkylation sites (tertiary alicyclic amines) is 1. The van der Waals surface area contributed by atoms with Crippen LogP contribution in [-0.2, 0) is 13.0 Å². The summed E-state index contributed by atoms with van der Waals surface area (Å²) >= 11 is 6.11. The number of nitrogens with one attached hydrogen (secondary N) is 1. The van der Waals surface area contributed by atoms with Crippen LogP contribution in [0.1, 0.15) is 67.2 Å². The number of carbonyl (C=O) groups excluding carboxylic acids is 1.